The van der Waals surface area contributed by atoms with E-state index in [4.69, 9.17) is 0 Å². The number of nitrogens with zero attached hydrogens (tertiary/aromatic N) is 2. The number of rotatable bonds is 4. The second-order valence-electron chi connectivity index (χ2n) is 5.08. The number of carbonyl (C=O) groups is 1. The van der Waals surface area contributed by atoms with Crippen LogP contribution in [0.2, 0.25) is 0 Å². The normalized spacial score (nSPS) is 20.8. The van der Waals surface area contributed by atoms with Crippen LogP contribution >= 0.6 is 23.7 Å². The molecule has 2 heterocycles. The number of hydrogen-bond acceptors (Lipinski definition) is 5. The molecule has 0 aliphatic carbocycles. The van der Waals surface area contributed by atoms with Gasteiger partial charge >= 0.3 is 0 Å². The molecule has 1 aromatic rings. The van der Waals surface area contributed by atoms with Crippen LogP contribution in [0.5, 0.6) is 0 Å². The minimum atomic E-state index is -2.81. The molecule has 2 N–H and O–H groups in total. The summed E-state index contributed by atoms with van der Waals surface area (Å²) in [4.78, 5) is 11.8. The van der Waals surface area contributed by atoms with Gasteiger partial charge in [0.25, 0.3) is 5.92 Å². The number of carbonyl (C=O) groups excluding carboxylic acids is 1. The van der Waals surface area contributed by atoms with Gasteiger partial charge in [-0.2, -0.15) is 0 Å². The van der Waals surface area contributed by atoms with Crippen LogP contribution in [-0.4, -0.2) is 34.6 Å². The summed E-state index contributed by atoms with van der Waals surface area (Å²) in [5, 5.41) is 14.0. The van der Waals surface area contributed by atoms with Crippen molar-refractivity contribution in [1.29, 1.82) is 0 Å². The fourth-order valence-electron chi connectivity index (χ4n) is 1.83. The fourth-order valence-corrected chi connectivity index (χ4v) is 2.78. The Labute approximate surface area is 126 Å². The van der Waals surface area contributed by atoms with Gasteiger partial charge in [-0.05, 0) is 5.92 Å². The van der Waals surface area contributed by atoms with E-state index in [1.165, 1.54) is 11.3 Å². The van der Waals surface area contributed by atoms with Crippen LogP contribution in [0.15, 0.2) is 0 Å². The minimum absolute atomic E-state index is 0. The second-order valence-corrected chi connectivity index (χ2v) is 6.14. The molecule has 1 amide bonds. The maximum atomic E-state index is 13.0. The molecule has 114 valence electrons. The van der Waals surface area contributed by atoms with Gasteiger partial charge in [0.15, 0.2) is 0 Å². The molecule has 0 spiro atoms. The number of hydrogen-bond donors (Lipinski definition) is 2. The van der Waals surface area contributed by atoms with Crippen molar-refractivity contribution in [3.63, 3.8) is 0 Å². The van der Waals surface area contributed by atoms with Crippen molar-refractivity contribution in [3.8, 4) is 0 Å². The Morgan fingerprint density at radius 2 is 2.25 bits per heavy atom. The van der Waals surface area contributed by atoms with E-state index < -0.39 is 30.8 Å². The Balaban J connectivity index is 0.00000200. The largest absolute Gasteiger partial charge is 0.300 e. The molecule has 0 aromatic carbocycles. The lowest BCUT2D eigenvalue weighted by Gasteiger charge is -2.08. The maximum absolute atomic E-state index is 13.0. The number of anilines is 1. The molecule has 0 saturated carbocycles. The summed E-state index contributed by atoms with van der Waals surface area (Å²) in [5.74, 6) is -2.84. The average Bonchev–Trinajstić information content (AvgIpc) is 2.84. The highest BCUT2D eigenvalue weighted by Gasteiger charge is 2.42. The minimum Gasteiger partial charge on any atom is -0.300 e. The van der Waals surface area contributed by atoms with Crippen molar-refractivity contribution in [3.05, 3.63) is 5.01 Å². The van der Waals surface area contributed by atoms with Gasteiger partial charge in [0.2, 0.25) is 11.0 Å². The number of amides is 1. The molecular formula is C11H17ClF2N4OS. The zero-order chi connectivity index (χ0) is 14.0. The molecule has 9 heteroatoms. The third-order valence-electron chi connectivity index (χ3n) is 2.71. The second kappa shape index (κ2) is 6.73. The molecule has 1 aliphatic heterocycles. The number of nitrogens with one attached hydrogen (secondary N) is 2. The molecule has 1 fully saturated rings. The van der Waals surface area contributed by atoms with Crippen LogP contribution in [0.1, 0.15) is 25.3 Å². The molecule has 1 aromatic heterocycles. The summed E-state index contributed by atoms with van der Waals surface area (Å²) in [6, 6.07) is -0.868. The lowest BCUT2D eigenvalue weighted by atomic mass is 10.1. The van der Waals surface area contributed by atoms with Crippen LogP contribution in [-0.2, 0) is 11.2 Å². The molecule has 2 rings (SSSR count). The standard InChI is InChI=1S/C11H16F2N4OS.ClH/c1-6(2)3-8-16-17-10(19-8)15-9(18)7-4-11(12,13)5-14-7;/h6-7,14H,3-5H2,1-2H3,(H,15,17,18);1H. The summed E-state index contributed by atoms with van der Waals surface area (Å²) < 4.78 is 25.9. The predicted molar refractivity (Wildman–Crippen MR) is 75.7 cm³/mol. The van der Waals surface area contributed by atoms with Crippen LogP contribution in [0.3, 0.4) is 0 Å². The molecule has 20 heavy (non-hydrogen) atoms. The number of halogens is 3. The van der Waals surface area contributed by atoms with E-state index in [9.17, 15) is 13.6 Å². The van der Waals surface area contributed by atoms with E-state index in [-0.39, 0.29) is 12.4 Å². The first-order valence-corrected chi connectivity index (χ1v) is 6.92. The average molecular weight is 327 g/mol. The zero-order valence-electron chi connectivity index (χ0n) is 11.2. The summed E-state index contributed by atoms with van der Waals surface area (Å²) >= 11 is 1.28. The van der Waals surface area contributed by atoms with Gasteiger partial charge in [-0.15, -0.1) is 22.6 Å². The molecule has 1 saturated heterocycles. The van der Waals surface area contributed by atoms with E-state index in [0.29, 0.717) is 11.0 Å². The predicted octanol–water partition coefficient (Wildman–Crippen LogP) is 2.09. The van der Waals surface area contributed by atoms with Crippen molar-refractivity contribution in [2.45, 2.75) is 38.7 Å². The van der Waals surface area contributed by atoms with Gasteiger partial charge in [0.1, 0.15) is 5.01 Å². The van der Waals surface area contributed by atoms with Gasteiger partial charge < -0.3 is 0 Å². The smallest absolute Gasteiger partial charge is 0.262 e. The highest BCUT2D eigenvalue weighted by atomic mass is 35.5. The summed E-state index contributed by atoms with van der Waals surface area (Å²) in [7, 11) is 0. The van der Waals surface area contributed by atoms with Crippen LogP contribution in [0, 0.1) is 5.92 Å². The van der Waals surface area contributed by atoms with Crippen molar-refractivity contribution in [1.82, 2.24) is 15.5 Å². The first kappa shape index (κ1) is 17.2. The first-order chi connectivity index (χ1) is 8.85. The van der Waals surface area contributed by atoms with Crippen molar-refractivity contribution in [2.75, 3.05) is 11.9 Å². The third kappa shape index (κ3) is 4.60. The molecule has 0 bridgehead atoms. The maximum Gasteiger partial charge on any atom is 0.262 e. The Morgan fingerprint density at radius 3 is 2.80 bits per heavy atom. The summed E-state index contributed by atoms with van der Waals surface area (Å²) in [6.45, 7) is 3.66. The Bertz CT molecular complexity index is 469. The molecule has 5 nitrogen and oxygen atoms in total. The van der Waals surface area contributed by atoms with Crippen LogP contribution in [0.25, 0.3) is 0 Å². The van der Waals surface area contributed by atoms with Gasteiger partial charge in [0.05, 0.1) is 12.6 Å². The molecule has 1 atom stereocenters. The van der Waals surface area contributed by atoms with Crippen molar-refractivity contribution < 1.29 is 13.6 Å². The van der Waals surface area contributed by atoms with Gasteiger partial charge in [-0.3, -0.25) is 15.4 Å². The topological polar surface area (TPSA) is 66.9 Å². The highest BCUT2D eigenvalue weighted by Crippen LogP contribution is 2.26. The van der Waals surface area contributed by atoms with Gasteiger partial charge in [-0.1, -0.05) is 25.2 Å². The first-order valence-electron chi connectivity index (χ1n) is 6.10. The highest BCUT2D eigenvalue weighted by molar-refractivity contribution is 7.15. The van der Waals surface area contributed by atoms with E-state index in [1.54, 1.807) is 0 Å². The lowest BCUT2D eigenvalue weighted by molar-refractivity contribution is -0.118. The Hall–Kier alpha value is -0.860. The van der Waals surface area contributed by atoms with Crippen molar-refractivity contribution >= 4 is 34.8 Å². The molecule has 1 unspecified atom stereocenters. The monoisotopic (exact) mass is 326 g/mol. The SMILES string of the molecule is CC(C)Cc1nnc(NC(=O)C2CC(F)(F)CN2)s1.Cl. The Kier molecular flexibility index (Phi) is 5.79. The van der Waals surface area contributed by atoms with Crippen LogP contribution < -0.4 is 10.6 Å². The van der Waals surface area contributed by atoms with E-state index in [2.05, 4.69) is 34.7 Å². The quantitative estimate of drug-likeness (QED) is 0.889. The molecule has 0 radical (unpaired) electrons. The summed E-state index contributed by atoms with van der Waals surface area (Å²) in [6.07, 6.45) is 0.309. The van der Waals surface area contributed by atoms with Gasteiger partial charge in [-0.25, -0.2) is 8.78 Å². The zero-order valence-corrected chi connectivity index (χ0v) is 12.8. The van der Waals surface area contributed by atoms with Crippen molar-refractivity contribution in [2.24, 2.45) is 5.92 Å². The lowest BCUT2D eigenvalue weighted by Crippen LogP contribution is -2.35. The van der Waals surface area contributed by atoms with E-state index in [1.807, 2.05) is 0 Å². The molecular weight excluding hydrogens is 310 g/mol. The number of aromatic nitrogens is 2. The number of alkyl halides is 2. The molecule has 1 aliphatic rings. The van der Waals surface area contributed by atoms with Crippen LogP contribution in [0.4, 0.5) is 13.9 Å². The third-order valence-corrected chi connectivity index (χ3v) is 3.57. The fraction of sp³-hybridized carbons (Fsp3) is 0.727. The van der Waals surface area contributed by atoms with E-state index in [0.717, 1.165) is 11.4 Å². The summed E-state index contributed by atoms with van der Waals surface area (Å²) in [5.41, 5.74) is 0. The van der Waals surface area contributed by atoms with E-state index >= 15 is 0 Å². The van der Waals surface area contributed by atoms with Gasteiger partial charge in [0, 0.05) is 12.8 Å². The Morgan fingerprint density at radius 1 is 1.55 bits per heavy atom.